The van der Waals surface area contributed by atoms with Crippen molar-refractivity contribution in [2.24, 2.45) is 11.8 Å². The Morgan fingerprint density at radius 3 is 2.89 bits per heavy atom. The molecular formula is C19H24N4O2S2. The van der Waals surface area contributed by atoms with Crippen LogP contribution in [0.1, 0.15) is 48.0 Å². The number of carbonyl (C=O) groups excluding carboxylic acids is 2. The van der Waals surface area contributed by atoms with Gasteiger partial charge in [-0.2, -0.15) is 0 Å². The van der Waals surface area contributed by atoms with Crippen LogP contribution in [0.15, 0.2) is 17.5 Å². The fraction of sp³-hybridized carbons (Fsp3) is 0.526. The Balaban J connectivity index is 1.31. The second kappa shape index (κ2) is 8.08. The van der Waals surface area contributed by atoms with Gasteiger partial charge in [0.15, 0.2) is 5.13 Å². The highest BCUT2D eigenvalue weighted by Crippen LogP contribution is 2.32. The van der Waals surface area contributed by atoms with Crippen molar-refractivity contribution in [2.45, 2.75) is 39.2 Å². The largest absolute Gasteiger partial charge is 0.317 e. The minimum atomic E-state index is -0.181. The molecule has 1 saturated carbocycles. The molecular weight excluding hydrogens is 380 g/mol. The molecule has 1 aliphatic carbocycles. The molecule has 0 bridgehead atoms. The Labute approximate surface area is 167 Å². The number of aromatic nitrogens is 1. The molecule has 2 aliphatic rings. The van der Waals surface area contributed by atoms with E-state index < -0.39 is 0 Å². The lowest BCUT2D eigenvalue weighted by molar-refractivity contribution is -0.117. The van der Waals surface area contributed by atoms with Gasteiger partial charge in [-0.3, -0.25) is 19.8 Å². The van der Waals surface area contributed by atoms with Crippen LogP contribution in [-0.2, 0) is 11.3 Å². The van der Waals surface area contributed by atoms with E-state index in [0.717, 1.165) is 49.1 Å². The Hall–Kier alpha value is -1.77. The normalized spacial score (nSPS) is 20.4. The van der Waals surface area contributed by atoms with Crippen molar-refractivity contribution >= 4 is 44.6 Å². The lowest BCUT2D eigenvalue weighted by Gasteiger charge is -2.30. The minimum absolute atomic E-state index is 0.0559. The number of thiophene rings is 1. The molecule has 2 aromatic rings. The van der Waals surface area contributed by atoms with Crippen LogP contribution >= 0.6 is 22.7 Å². The smallest absolute Gasteiger partial charge is 0.267 e. The number of nitrogens with one attached hydrogen (secondary N) is 2. The summed E-state index contributed by atoms with van der Waals surface area (Å²) in [5.41, 5.74) is 1.01. The molecule has 0 aromatic carbocycles. The highest BCUT2D eigenvalue weighted by atomic mass is 32.1. The topological polar surface area (TPSA) is 74.3 Å². The number of thiazole rings is 1. The fourth-order valence-electron chi connectivity index (χ4n) is 3.35. The zero-order valence-electron chi connectivity index (χ0n) is 15.4. The minimum Gasteiger partial charge on any atom is -0.317 e. The predicted octanol–water partition coefficient (Wildman–Crippen LogP) is 4.04. The lowest BCUT2D eigenvalue weighted by Crippen LogP contribution is -2.33. The summed E-state index contributed by atoms with van der Waals surface area (Å²) in [4.78, 5) is 31.8. The highest BCUT2D eigenvalue weighted by Gasteiger charge is 2.30. The molecule has 8 heteroatoms. The lowest BCUT2D eigenvalue weighted by atomic mass is 10.0. The van der Waals surface area contributed by atoms with Crippen molar-refractivity contribution < 1.29 is 9.59 Å². The monoisotopic (exact) mass is 404 g/mol. The summed E-state index contributed by atoms with van der Waals surface area (Å²) in [6.45, 7) is 5.37. The van der Waals surface area contributed by atoms with Gasteiger partial charge in [0.05, 0.1) is 15.6 Å². The van der Waals surface area contributed by atoms with Gasteiger partial charge >= 0.3 is 0 Å². The van der Waals surface area contributed by atoms with E-state index >= 15 is 0 Å². The van der Waals surface area contributed by atoms with E-state index in [1.165, 1.54) is 35.5 Å². The number of nitrogens with zero attached hydrogens (tertiary/aromatic N) is 2. The van der Waals surface area contributed by atoms with Crippen LogP contribution in [-0.4, -0.2) is 34.8 Å². The summed E-state index contributed by atoms with van der Waals surface area (Å²) in [6, 6.07) is 3.52. The van der Waals surface area contributed by atoms with Crippen LogP contribution in [0.5, 0.6) is 0 Å². The van der Waals surface area contributed by atoms with E-state index in [1.807, 2.05) is 5.38 Å². The fourth-order valence-corrected chi connectivity index (χ4v) is 4.85. The summed E-state index contributed by atoms with van der Waals surface area (Å²) in [5.74, 6) is 0.769. The number of hydrogen-bond acceptors (Lipinski definition) is 6. The molecule has 1 atom stereocenters. The molecule has 2 aromatic heterocycles. The Morgan fingerprint density at radius 1 is 1.26 bits per heavy atom. The van der Waals surface area contributed by atoms with Gasteiger partial charge in [-0.05, 0) is 50.3 Å². The maximum atomic E-state index is 12.4. The van der Waals surface area contributed by atoms with Crippen molar-refractivity contribution in [2.75, 3.05) is 23.7 Å². The number of likely N-dealkylation sites (tertiary alicyclic amines) is 1. The first-order valence-corrected chi connectivity index (χ1v) is 11.2. The summed E-state index contributed by atoms with van der Waals surface area (Å²) < 4.78 is 0. The van der Waals surface area contributed by atoms with Crippen molar-refractivity contribution in [3.05, 3.63) is 28.1 Å². The SMILES string of the molecule is C[C@H]1CCCN(Cc2csc(NC(=O)c3ccc(NC(=O)C4CC4)s3)n2)C1. The first kappa shape index (κ1) is 18.6. The molecule has 1 aliphatic heterocycles. The third-order valence-electron chi connectivity index (χ3n) is 4.92. The molecule has 0 radical (unpaired) electrons. The first-order valence-electron chi connectivity index (χ1n) is 9.45. The average Bonchev–Trinajstić information content (AvgIpc) is 3.24. The van der Waals surface area contributed by atoms with Gasteiger partial charge in [0.2, 0.25) is 5.91 Å². The summed E-state index contributed by atoms with van der Waals surface area (Å²) in [7, 11) is 0. The maximum Gasteiger partial charge on any atom is 0.267 e. The van der Waals surface area contributed by atoms with Crippen molar-refractivity contribution in [1.82, 2.24) is 9.88 Å². The first-order chi connectivity index (χ1) is 13.1. The molecule has 0 unspecified atom stereocenters. The molecule has 144 valence electrons. The average molecular weight is 405 g/mol. The Morgan fingerprint density at radius 2 is 2.11 bits per heavy atom. The van der Waals surface area contributed by atoms with Crippen LogP contribution in [0.2, 0.25) is 0 Å². The van der Waals surface area contributed by atoms with E-state index in [4.69, 9.17) is 0 Å². The second-order valence-electron chi connectivity index (χ2n) is 7.51. The molecule has 27 heavy (non-hydrogen) atoms. The van der Waals surface area contributed by atoms with Gasteiger partial charge in [-0.25, -0.2) is 4.98 Å². The van der Waals surface area contributed by atoms with Crippen LogP contribution in [0.3, 0.4) is 0 Å². The van der Waals surface area contributed by atoms with Crippen LogP contribution in [0, 0.1) is 11.8 Å². The van der Waals surface area contributed by atoms with E-state index in [0.29, 0.717) is 10.0 Å². The van der Waals surface area contributed by atoms with E-state index in [1.54, 1.807) is 12.1 Å². The van der Waals surface area contributed by atoms with Crippen LogP contribution in [0.25, 0.3) is 0 Å². The van der Waals surface area contributed by atoms with Gasteiger partial charge in [-0.15, -0.1) is 22.7 Å². The number of hydrogen-bond donors (Lipinski definition) is 2. The molecule has 0 spiro atoms. The number of amides is 2. The predicted molar refractivity (Wildman–Crippen MR) is 109 cm³/mol. The number of piperidine rings is 1. The molecule has 2 N–H and O–H groups in total. The number of rotatable bonds is 6. The van der Waals surface area contributed by atoms with Gasteiger partial charge in [0.1, 0.15) is 0 Å². The molecule has 1 saturated heterocycles. The third-order valence-corrected chi connectivity index (χ3v) is 6.73. The molecule has 3 heterocycles. The van der Waals surface area contributed by atoms with Crippen LogP contribution < -0.4 is 10.6 Å². The van der Waals surface area contributed by atoms with Crippen molar-refractivity contribution in [3.8, 4) is 0 Å². The van der Waals surface area contributed by atoms with Gasteiger partial charge in [0.25, 0.3) is 5.91 Å². The van der Waals surface area contributed by atoms with Gasteiger partial charge in [0, 0.05) is 24.4 Å². The zero-order chi connectivity index (χ0) is 18.8. The summed E-state index contributed by atoms with van der Waals surface area (Å²) in [6.07, 6.45) is 4.48. The van der Waals surface area contributed by atoms with Crippen molar-refractivity contribution in [1.29, 1.82) is 0 Å². The second-order valence-corrected chi connectivity index (χ2v) is 9.45. The highest BCUT2D eigenvalue weighted by molar-refractivity contribution is 7.18. The third kappa shape index (κ3) is 4.94. The Bertz CT molecular complexity index is 827. The molecule has 2 amide bonds. The standard InChI is InChI=1S/C19H24N4O2S2/c1-12-3-2-8-23(9-12)10-14-11-26-19(20-14)22-18(25)15-6-7-16(27-15)21-17(24)13-4-5-13/h6-7,11-13H,2-5,8-10H2,1H3,(H,21,24)(H,20,22,25)/t12-/m0/s1. The number of anilines is 2. The molecule has 2 fully saturated rings. The van der Waals surface area contributed by atoms with E-state index in [2.05, 4.69) is 27.4 Å². The van der Waals surface area contributed by atoms with Crippen LogP contribution in [0.4, 0.5) is 10.1 Å². The summed E-state index contributed by atoms with van der Waals surface area (Å²) in [5, 5.41) is 9.11. The van der Waals surface area contributed by atoms with E-state index in [9.17, 15) is 9.59 Å². The van der Waals surface area contributed by atoms with Gasteiger partial charge < -0.3 is 5.32 Å². The Kier molecular flexibility index (Phi) is 5.56. The van der Waals surface area contributed by atoms with Crippen molar-refractivity contribution in [3.63, 3.8) is 0 Å². The summed E-state index contributed by atoms with van der Waals surface area (Å²) >= 11 is 2.75. The van der Waals surface area contributed by atoms with Gasteiger partial charge in [-0.1, -0.05) is 6.92 Å². The quantitative estimate of drug-likeness (QED) is 0.762. The van der Waals surface area contributed by atoms with E-state index in [-0.39, 0.29) is 17.7 Å². The maximum absolute atomic E-state index is 12.4. The molecule has 6 nitrogen and oxygen atoms in total. The zero-order valence-corrected chi connectivity index (χ0v) is 17.0. The number of carbonyl (C=O) groups is 2. The molecule has 4 rings (SSSR count).